The molecular formula is C6H12Cl3N. The first-order valence-electron chi connectivity index (χ1n) is 3.28. The van der Waals surface area contributed by atoms with Gasteiger partial charge in [0.25, 0.3) is 0 Å². The lowest BCUT2D eigenvalue weighted by molar-refractivity contribution is 0.669. The lowest BCUT2D eigenvalue weighted by Crippen LogP contribution is -2.25. The summed E-state index contributed by atoms with van der Waals surface area (Å²) >= 11 is 16.6. The van der Waals surface area contributed by atoms with Crippen LogP contribution in [0.15, 0.2) is 0 Å². The lowest BCUT2D eigenvalue weighted by atomic mass is 10.4. The van der Waals surface area contributed by atoms with Gasteiger partial charge in [0, 0.05) is 18.3 Å². The van der Waals surface area contributed by atoms with Gasteiger partial charge in [0.15, 0.2) is 0 Å². The third kappa shape index (κ3) is 6.94. The molecule has 0 aromatic carbocycles. The Morgan fingerprint density at radius 2 is 2.00 bits per heavy atom. The number of hydrogen-bond donors (Lipinski definition) is 1. The third-order valence-electron chi connectivity index (χ3n) is 1.02. The van der Waals surface area contributed by atoms with Crippen molar-refractivity contribution in [2.75, 3.05) is 24.8 Å². The van der Waals surface area contributed by atoms with Crippen LogP contribution in [0.1, 0.15) is 6.42 Å². The van der Waals surface area contributed by atoms with Crippen molar-refractivity contribution in [3.05, 3.63) is 0 Å². The molecule has 62 valence electrons. The van der Waals surface area contributed by atoms with Crippen LogP contribution in [0, 0.1) is 0 Å². The summed E-state index contributed by atoms with van der Waals surface area (Å²) in [5.74, 6) is 1.19. The van der Waals surface area contributed by atoms with Crippen LogP contribution >= 0.6 is 34.8 Å². The molecule has 0 aliphatic carbocycles. The summed E-state index contributed by atoms with van der Waals surface area (Å²) in [7, 11) is 0. The Kier molecular flexibility index (Phi) is 8.59. The van der Waals surface area contributed by atoms with E-state index >= 15 is 0 Å². The third-order valence-corrected chi connectivity index (χ3v) is 2.13. The van der Waals surface area contributed by atoms with Gasteiger partial charge in [0.2, 0.25) is 0 Å². The first kappa shape index (κ1) is 10.8. The molecule has 0 spiro atoms. The number of alkyl halides is 3. The molecule has 1 unspecified atom stereocenters. The molecule has 0 aliphatic rings. The van der Waals surface area contributed by atoms with Gasteiger partial charge >= 0.3 is 0 Å². The lowest BCUT2D eigenvalue weighted by Gasteiger charge is -2.05. The quantitative estimate of drug-likeness (QED) is 0.516. The van der Waals surface area contributed by atoms with Crippen molar-refractivity contribution in [3.8, 4) is 0 Å². The van der Waals surface area contributed by atoms with Crippen molar-refractivity contribution in [3.63, 3.8) is 0 Å². The standard InChI is InChI=1S/C6H12Cl3N/c7-2-1-3-10-5-6(9)4-8/h6,10H,1-5H2. The van der Waals surface area contributed by atoms with Crippen LogP contribution in [0.2, 0.25) is 0 Å². The highest BCUT2D eigenvalue weighted by atomic mass is 35.5. The van der Waals surface area contributed by atoms with Gasteiger partial charge in [0.1, 0.15) is 0 Å². The number of halogens is 3. The van der Waals surface area contributed by atoms with E-state index in [0.717, 1.165) is 19.5 Å². The highest BCUT2D eigenvalue weighted by Gasteiger charge is 1.99. The van der Waals surface area contributed by atoms with E-state index in [1.54, 1.807) is 0 Å². The largest absolute Gasteiger partial charge is 0.315 e. The zero-order valence-electron chi connectivity index (χ0n) is 5.75. The molecule has 0 aromatic heterocycles. The van der Waals surface area contributed by atoms with E-state index < -0.39 is 0 Å². The fourth-order valence-corrected chi connectivity index (χ4v) is 0.857. The van der Waals surface area contributed by atoms with E-state index in [9.17, 15) is 0 Å². The molecule has 0 rings (SSSR count). The molecule has 0 fully saturated rings. The highest BCUT2D eigenvalue weighted by molar-refractivity contribution is 6.28. The van der Waals surface area contributed by atoms with Crippen molar-refractivity contribution in [2.24, 2.45) is 0 Å². The smallest absolute Gasteiger partial charge is 0.0595 e. The molecular weight excluding hydrogens is 192 g/mol. The maximum Gasteiger partial charge on any atom is 0.0595 e. The maximum atomic E-state index is 5.72. The molecule has 0 aliphatic heterocycles. The van der Waals surface area contributed by atoms with E-state index in [1.807, 2.05) is 0 Å². The highest BCUT2D eigenvalue weighted by Crippen LogP contribution is 1.95. The van der Waals surface area contributed by atoms with Crippen molar-refractivity contribution < 1.29 is 0 Å². The van der Waals surface area contributed by atoms with Gasteiger partial charge in [-0.1, -0.05) is 0 Å². The second-order valence-corrected chi connectivity index (χ2v) is 3.30. The van der Waals surface area contributed by atoms with Crippen molar-refractivity contribution in [1.82, 2.24) is 5.32 Å². The summed E-state index contributed by atoms with van der Waals surface area (Å²) in [5.41, 5.74) is 0. The minimum absolute atomic E-state index is 0.0389. The van der Waals surface area contributed by atoms with Gasteiger partial charge in [0.05, 0.1) is 5.38 Å². The van der Waals surface area contributed by atoms with Gasteiger partial charge in [-0.2, -0.15) is 0 Å². The van der Waals surface area contributed by atoms with Crippen LogP contribution in [0.5, 0.6) is 0 Å². The fourth-order valence-electron chi connectivity index (χ4n) is 0.505. The molecule has 0 saturated heterocycles. The maximum absolute atomic E-state index is 5.72. The minimum atomic E-state index is 0.0389. The fraction of sp³-hybridized carbons (Fsp3) is 1.00. The SMILES string of the molecule is ClCCCNCC(Cl)CCl. The summed E-state index contributed by atoms with van der Waals surface area (Å²) in [6.07, 6.45) is 0.980. The van der Waals surface area contributed by atoms with Gasteiger partial charge in [-0.15, -0.1) is 34.8 Å². The summed E-state index contributed by atoms with van der Waals surface area (Å²) in [4.78, 5) is 0. The van der Waals surface area contributed by atoms with E-state index in [0.29, 0.717) is 11.8 Å². The van der Waals surface area contributed by atoms with Crippen LogP contribution in [-0.2, 0) is 0 Å². The Morgan fingerprint density at radius 3 is 2.50 bits per heavy atom. The number of rotatable bonds is 6. The summed E-state index contributed by atoms with van der Waals surface area (Å²) in [6, 6.07) is 0. The summed E-state index contributed by atoms with van der Waals surface area (Å²) < 4.78 is 0. The molecule has 0 aromatic rings. The van der Waals surface area contributed by atoms with Gasteiger partial charge in [-0.25, -0.2) is 0 Å². The van der Waals surface area contributed by atoms with E-state index in [2.05, 4.69) is 5.32 Å². The topological polar surface area (TPSA) is 12.0 Å². The number of hydrogen-bond acceptors (Lipinski definition) is 1. The minimum Gasteiger partial charge on any atom is -0.315 e. The van der Waals surface area contributed by atoms with E-state index in [4.69, 9.17) is 34.8 Å². The normalized spacial score (nSPS) is 13.5. The van der Waals surface area contributed by atoms with E-state index in [1.165, 1.54) is 0 Å². The molecule has 1 atom stereocenters. The molecule has 10 heavy (non-hydrogen) atoms. The first-order chi connectivity index (χ1) is 4.81. The van der Waals surface area contributed by atoms with Crippen molar-refractivity contribution in [1.29, 1.82) is 0 Å². The molecule has 4 heteroatoms. The predicted molar refractivity (Wildman–Crippen MR) is 48.6 cm³/mol. The molecule has 1 nitrogen and oxygen atoms in total. The van der Waals surface area contributed by atoms with Crippen LogP contribution in [0.3, 0.4) is 0 Å². The van der Waals surface area contributed by atoms with Crippen LogP contribution in [0.4, 0.5) is 0 Å². The average molecular weight is 205 g/mol. The summed E-state index contributed by atoms with van der Waals surface area (Å²) in [6.45, 7) is 1.69. The molecule has 0 heterocycles. The van der Waals surface area contributed by atoms with E-state index in [-0.39, 0.29) is 5.38 Å². The van der Waals surface area contributed by atoms with Gasteiger partial charge in [-0.05, 0) is 13.0 Å². The van der Waals surface area contributed by atoms with Crippen molar-refractivity contribution in [2.45, 2.75) is 11.8 Å². The zero-order chi connectivity index (χ0) is 7.82. The second-order valence-electron chi connectivity index (χ2n) is 2.00. The molecule has 0 saturated carbocycles. The summed E-state index contributed by atoms with van der Waals surface area (Å²) in [5, 5.41) is 3.18. The Labute approximate surface area is 77.0 Å². The monoisotopic (exact) mass is 203 g/mol. The Hall–Kier alpha value is 0.830. The molecule has 0 radical (unpaired) electrons. The molecule has 1 N–H and O–H groups in total. The second kappa shape index (κ2) is 7.93. The van der Waals surface area contributed by atoms with Crippen LogP contribution in [-0.4, -0.2) is 30.2 Å². The molecule has 0 bridgehead atoms. The zero-order valence-corrected chi connectivity index (χ0v) is 8.01. The Bertz CT molecular complexity index is 70.0. The average Bonchev–Trinajstić information content (AvgIpc) is 1.98. The Morgan fingerprint density at radius 1 is 1.30 bits per heavy atom. The predicted octanol–water partition coefficient (Wildman–Crippen LogP) is 2.05. The number of nitrogens with one attached hydrogen (secondary N) is 1. The van der Waals surface area contributed by atoms with Gasteiger partial charge < -0.3 is 5.32 Å². The van der Waals surface area contributed by atoms with Crippen LogP contribution in [0.25, 0.3) is 0 Å². The Balaban J connectivity index is 2.89. The first-order valence-corrected chi connectivity index (χ1v) is 4.78. The van der Waals surface area contributed by atoms with Crippen LogP contribution < -0.4 is 5.32 Å². The van der Waals surface area contributed by atoms with Crippen molar-refractivity contribution >= 4 is 34.8 Å². The molecule has 0 amide bonds. The van der Waals surface area contributed by atoms with Gasteiger partial charge in [-0.3, -0.25) is 0 Å².